The summed E-state index contributed by atoms with van der Waals surface area (Å²) < 4.78 is 57.6. The second-order valence-electron chi connectivity index (χ2n) is 7.84. The van der Waals surface area contributed by atoms with Crippen LogP contribution < -0.4 is 0 Å². The second-order valence-corrected chi connectivity index (χ2v) is 7.84. The van der Waals surface area contributed by atoms with E-state index < -0.39 is 23.6 Å². The molecule has 0 radical (unpaired) electrons. The summed E-state index contributed by atoms with van der Waals surface area (Å²) >= 11 is 0. The average molecular weight is 386 g/mol. The van der Waals surface area contributed by atoms with E-state index in [4.69, 9.17) is 0 Å². The van der Waals surface area contributed by atoms with Gasteiger partial charge in [-0.2, -0.15) is 8.78 Å². The van der Waals surface area contributed by atoms with E-state index in [-0.39, 0.29) is 11.1 Å². The van der Waals surface area contributed by atoms with E-state index in [1.54, 1.807) is 32.9 Å². The van der Waals surface area contributed by atoms with Gasteiger partial charge in [0.05, 0.1) is 11.0 Å². The Balaban J connectivity index is 1.96. The summed E-state index contributed by atoms with van der Waals surface area (Å²) in [5, 5.41) is 1.21. The molecule has 2 heterocycles. The van der Waals surface area contributed by atoms with Crippen molar-refractivity contribution in [2.45, 2.75) is 32.7 Å². The molecular weight excluding hydrogens is 368 g/mol. The number of alkyl halides is 2. The molecule has 0 aliphatic rings. The Bertz CT molecular complexity index is 1180. The standard InChI is InChI=1S/C22H18F4N2/c1-22(2,3)20-16(23)8-13(9-17(20)24)12-4-5-14-15-11-27-7-6-18(15)28(21(25)26)19(14)10-12/h4-11,21H,1-3H3. The van der Waals surface area contributed by atoms with Crippen molar-refractivity contribution in [3.63, 3.8) is 0 Å². The van der Waals surface area contributed by atoms with Gasteiger partial charge in [0.1, 0.15) is 11.6 Å². The van der Waals surface area contributed by atoms with Crippen LogP contribution in [-0.4, -0.2) is 9.55 Å². The first-order valence-corrected chi connectivity index (χ1v) is 8.84. The summed E-state index contributed by atoms with van der Waals surface area (Å²) in [6.45, 7) is 2.44. The number of fused-ring (bicyclic) bond motifs is 3. The van der Waals surface area contributed by atoms with Gasteiger partial charge in [-0.25, -0.2) is 8.78 Å². The number of benzene rings is 2. The lowest BCUT2D eigenvalue weighted by molar-refractivity contribution is 0.0796. The molecule has 0 amide bonds. The van der Waals surface area contributed by atoms with Gasteiger partial charge in [0.2, 0.25) is 0 Å². The van der Waals surface area contributed by atoms with Gasteiger partial charge in [-0.1, -0.05) is 32.9 Å². The van der Waals surface area contributed by atoms with E-state index in [1.165, 1.54) is 36.7 Å². The van der Waals surface area contributed by atoms with Crippen LogP contribution in [0.15, 0.2) is 48.8 Å². The van der Waals surface area contributed by atoms with Gasteiger partial charge in [-0.15, -0.1) is 0 Å². The third kappa shape index (κ3) is 2.84. The van der Waals surface area contributed by atoms with Crippen LogP contribution in [0.2, 0.25) is 0 Å². The highest BCUT2D eigenvalue weighted by Crippen LogP contribution is 2.36. The number of aromatic nitrogens is 2. The number of halogens is 4. The van der Waals surface area contributed by atoms with E-state index in [2.05, 4.69) is 4.98 Å². The van der Waals surface area contributed by atoms with Crippen LogP contribution in [-0.2, 0) is 5.41 Å². The highest BCUT2D eigenvalue weighted by molar-refractivity contribution is 6.08. The maximum absolute atomic E-state index is 14.6. The molecule has 0 saturated heterocycles. The predicted molar refractivity (Wildman–Crippen MR) is 103 cm³/mol. The Kier molecular flexibility index (Phi) is 4.17. The van der Waals surface area contributed by atoms with Crippen LogP contribution in [0.4, 0.5) is 17.6 Å². The number of pyridine rings is 1. The fourth-order valence-electron chi connectivity index (χ4n) is 3.74. The Morgan fingerprint density at radius 2 is 1.54 bits per heavy atom. The molecule has 0 saturated carbocycles. The van der Waals surface area contributed by atoms with Crippen molar-refractivity contribution < 1.29 is 17.6 Å². The topological polar surface area (TPSA) is 17.8 Å². The highest BCUT2D eigenvalue weighted by Gasteiger charge is 2.24. The normalized spacial score (nSPS) is 12.4. The monoisotopic (exact) mass is 386 g/mol. The Hall–Kier alpha value is -2.89. The maximum atomic E-state index is 14.6. The third-order valence-corrected chi connectivity index (χ3v) is 4.93. The third-order valence-electron chi connectivity index (χ3n) is 4.93. The predicted octanol–water partition coefficient (Wildman–Crippen LogP) is 6.83. The van der Waals surface area contributed by atoms with Gasteiger partial charge in [-0.3, -0.25) is 9.55 Å². The van der Waals surface area contributed by atoms with Crippen molar-refractivity contribution in [1.82, 2.24) is 9.55 Å². The van der Waals surface area contributed by atoms with Crippen LogP contribution >= 0.6 is 0 Å². The summed E-state index contributed by atoms with van der Waals surface area (Å²) in [5.74, 6) is -1.30. The second kappa shape index (κ2) is 6.33. The van der Waals surface area contributed by atoms with Crippen LogP contribution in [0.5, 0.6) is 0 Å². The number of hydrogen-bond acceptors (Lipinski definition) is 1. The zero-order valence-corrected chi connectivity index (χ0v) is 15.6. The minimum atomic E-state index is -2.76. The van der Waals surface area contributed by atoms with Crippen molar-refractivity contribution in [3.8, 4) is 11.1 Å². The fraction of sp³-hybridized carbons (Fsp3) is 0.227. The minimum Gasteiger partial charge on any atom is -0.284 e. The maximum Gasteiger partial charge on any atom is 0.319 e. The molecule has 2 nitrogen and oxygen atoms in total. The molecule has 28 heavy (non-hydrogen) atoms. The van der Waals surface area contributed by atoms with Gasteiger partial charge in [0.15, 0.2) is 0 Å². The summed E-state index contributed by atoms with van der Waals surface area (Å²) in [7, 11) is 0. The Morgan fingerprint density at radius 3 is 2.14 bits per heavy atom. The van der Waals surface area contributed by atoms with Crippen molar-refractivity contribution in [1.29, 1.82) is 0 Å². The van der Waals surface area contributed by atoms with Crippen LogP contribution in [0, 0.1) is 11.6 Å². The minimum absolute atomic E-state index is 0.00472. The summed E-state index contributed by atoms with van der Waals surface area (Å²) in [5.41, 5.74) is 0.725. The fourth-order valence-corrected chi connectivity index (χ4v) is 3.74. The lowest BCUT2D eigenvalue weighted by atomic mass is 9.85. The molecule has 0 fully saturated rings. The first kappa shape index (κ1) is 18.5. The van der Waals surface area contributed by atoms with E-state index in [0.717, 1.165) is 4.57 Å². The molecule has 0 atom stereocenters. The van der Waals surface area contributed by atoms with Gasteiger partial charge in [-0.05, 0) is 40.8 Å². The molecule has 0 spiro atoms. The smallest absolute Gasteiger partial charge is 0.284 e. The molecule has 0 aliphatic carbocycles. The molecule has 0 bridgehead atoms. The summed E-state index contributed by atoms with van der Waals surface area (Å²) in [6.07, 6.45) is 2.99. The van der Waals surface area contributed by atoms with Gasteiger partial charge < -0.3 is 0 Å². The van der Waals surface area contributed by atoms with Crippen LogP contribution in [0.25, 0.3) is 32.9 Å². The highest BCUT2D eigenvalue weighted by atomic mass is 19.3. The molecule has 144 valence electrons. The zero-order chi connectivity index (χ0) is 20.2. The summed E-state index contributed by atoms with van der Waals surface area (Å²) in [6, 6.07) is 8.92. The van der Waals surface area contributed by atoms with E-state index in [1.807, 2.05) is 0 Å². The molecule has 0 unspecified atom stereocenters. The molecule has 2 aromatic heterocycles. The summed E-state index contributed by atoms with van der Waals surface area (Å²) in [4.78, 5) is 4.01. The van der Waals surface area contributed by atoms with Crippen molar-refractivity contribution in [2.75, 3.05) is 0 Å². The largest absolute Gasteiger partial charge is 0.319 e. The SMILES string of the molecule is CC(C)(C)c1c(F)cc(-c2ccc3c4cnccc4n(C(F)F)c3c2)cc1F. The van der Waals surface area contributed by atoms with Crippen molar-refractivity contribution >= 4 is 21.8 Å². The lowest BCUT2D eigenvalue weighted by Crippen LogP contribution is -2.16. The molecule has 4 aromatic rings. The van der Waals surface area contributed by atoms with Crippen molar-refractivity contribution in [2.24, 2.45) is 0 Å². The quantitative estimate of drug-likeness (QED) is 0.345. The first-order chi connectivity index (χ1) is 13.2. The van der Waals surface area contributed by atoms with E-state index >= 15 is 0 Å². The van der Waals surface area contributed by atoms with Crippen molar-refractivity contribution in [3.05, 3.63) is 66.0 Å². The zero-order valence-electron chi connectivity index (χ0n) is 15.6. The van der Waals surface area contributed by atoms with E-state index in [0.29, 0.717) is 27.4 Å². The lowest BCUT2D eigenvalue weighted by Gasteiger charge is -2.21. The number of rotatable bonds is 2. The Labute approximate surface area is 159 Å². The van der Waals surface area contributed by atoms with Gasteiger partial charge in [0, 0.05) is 28.7 Å². The molecule has 0 N–H and O–H groups in total. The first-order valence-electron chi connectivity index (χ1n) is 8.84. The van der Waals surface area contributed by atoms with Crippen LogP contribution in [0.3, 0.4) is 0 Å². The number of hydrogen-bond donors (Lipinski definition) is 0. The van der Waals surface area contributed by atoms with Crippen LogP contribution in [0.1, 0.15) is 32.9 Å². The number of nitrogens with zero attached hydrogens (tertiary/aromatic N) is 2. The molecule has 2 aromatic carbocycles. The van der Waals surface area contributed by atoms with Gasteiger partial charge >= 0.3 is 6.55 Å². The Morgan fingerprint density at radius 1 is 0.857 bits per heavy atom. The molecule has 0 aliphatic heterocycles. The van der Waals surface area contributed by atoms with E-state index in [9.17, 15) is 17.6 Å². The molecular formula is C22H18F4N2. The molecule has 6 heteroatoms. The average Bonchev–Trinajstić information content (AvgIpc) is 2.93. The molecule has 4 rings (SSSR count). The van der Waals surface area contributed by atoms with Gasteiger partial charge in [0.25, 0.3) is 0 Å².